The largest absolute Gasteiger partial charge is 0.493 e. The van der Waals surface area contributed by atoms with Gasteiger partial charge in [-0.15, -0.1) is 0 Å². The van der Waals surface area contributed by atoms with Crippen LogP contribution >= 0.6 is 0 Å². The Bertz CT molecular complexity index is 358. The molecule has 2 heteroatoms. The molecule has 1 aromatic rings. The molecule has 1 aromatic carbocycles. The number of ether oxygens (including phenoxy) is 1. The molecule has 2 nitrogen and oxygen atoms in total. The van der Waals surface area contributed by atoms with Gasteiger partial charge in [0.2, 0.25) is 0 Å². The Hall–Kier alpha value is -1.02. The van der Waals surface area contributed by atoms with Crippen LogP contribution in [0.2, 0.25) is 0 Å². The highest BCUT2D eigenvalue weighted by molar-refractivity contribution is 5.39. The van der Waals surface area contributed by atoms with E-state index in [9.17, 15) is 0 Å². The van der Waals surface area contributed by atoms with E-state index in [4.69, 9.17) is 4.74 Å². The maximum Gasteiger partial charge on any atom is 0.122 e. The lowest BCUT2D eigenvalue weighted by Gasteiger charge is -2.25. The van der Waals surface area contributed by atoms with Crippen LogP contribution in [-0.2, 0) is 0 Å². The zero-order chi connectivity index (χ0) is 10.8. The van der Waals surface area contributed by atoms with Gasteiger partial charge in [-0.1, -0.05) is 24.6 Å². The smallest absolute Gasteiger partial charge is 0.122 e. The molecule has 3 rings (SSSR count). The van der Waals surface area contributed by atoms with Crippen LogP contribution in [0.3, 0.4) is 0 Å². The van der Waals surface area contributed by atoms with Crippen LogP contribution < -0.4 is 10.1 Å². The van der Waals surface area contributed by atoms with Crippen molar-refractivity contribution in [1.29, 1.82) is 0 Å². The molecule has 0 bridgehead atoms. The average molecular weight is 217 g/mol. The standard InChI is InChI=1S/C14H19NO/c1-2-7-14-13(6-1)11(10-16-14)9-12-5-3-4-8-15-12/h1-2,6-7,11-12,15H,3-5,8-10H2. The zero-order valence-electron chi connectivity index (χ0n) is 9.61. The number of hydrogen-bond acceptors (Lipinski definition) is 2. The first-order valence-electron chi connectivity index (χ1n) is 6.38. The molecule has 2 atom stereocenters. The van der Waals surface area contributed by atoms with Crippen LogP contribution in [0.5, 0.6) is 5.75 Å². The summed E-state index contributed by atoms with van der Waals surface area (Å²) in [6.45, 7) is 2.07. The molecule has 2 unspecified atom stereocenters. The predicted molar refractivity (Wildman–Crippen MR) is 64.9 cm³/mol. The SMILES string of the molecule is c1ccc2c(c1)OCC2CC1CCCCN1. The van der Waals surface area contributed by atoms with Crippen molar-refractivity contribution in [1.82, 2.24) is 5.32 Å². The molecule has 2 heterocycles. The Morgan fingerprint density at radius 1 is 1.25 bits per heavy atom. The normalized spacial score (nSPS) is 28.5. The minimum absolute atomic E-state index is 0.604. The molecule has 1 N–H and O–H groups in total. The van der Waals surface area contributed by atoms with Gasteiger partial charge in [0.05, 0.1) is 6.61 Å². The number of benzene rings is 1. The lowest BCUT2D eigenvalue weighted by Crippen LogP contribution is -2.35. The molecule has 1 fully saturated rings. The topological polar surface area (TPSA) is 21.3 Å². The Morgan fingerprint density at radius 2 is 2.19 bits per heavy atom. The van der Waals surface area contributed by atoms with Crippen molar-refractivity contribution in [2.75, 3.05) is 13.2 Å². The number of nitrogens with one attached hydrogen (secondary N) is 1. The van der Waals surface area contributed by atoms with Crippen molar-refractivity contribution in [3.8, 4) is 5.75 Å². The minimum Gasteiger partial charge on any atom is -0.493 e. The first-order chi connectivity index (χ1) is 7.93. The van der Waals surface area contributed by atoms with Gasteiger partial charge < -0.3 is 10.1 Å². The van der Waals surface area contributed by atoms with E-state index in [1.54, 1.807) is 0 Å². The van der Waals surface area contributed by atoms with Crippen LogP contribution in [0.1, 0.15) is 37.2 Å². The Morgan fingerprint density at radius 3 is 3.06 bits per heavy atom. The molecule has 0 aliphatic carbocycles. The number of fused-ring (bicyclic) bond motifs is 1. The summed E-state index contributed by atoms with van der Waals surface area (Å²) < 4.78 is 5.72. The molecule has 0 amide bonds. The van der Waals surface area contributed by atoms with Crippen LogP contribution in [-0.4, -0.2) is 19.2 Å². The molecule has 1 saturated heterocycles. The third kappa shape index (κ3) is 1.94. The van der Waals surface area contributed by atoms with Gasteiger partial charge in [-0.25, -0.2) is 0 Å². The highest BCUT2D eigenvalue weighted by Gasteiger charge is 2.26. The maximum absolute atomic E-state index is 5.72. The maximum atomic E-state index is 5.72. The molecular formula is C14H19NO. The first kappa shape index (κ1) is 10.2. The van der Waals surface area contributed by atoms with Crippen LogP contribution in [0.4, 0.5) is 0 Å². The number of para-hydroxylation sites is 1. The minimum atomic E-state index is 0.604. The van der Waals surface area contributed by atoms with E-state index >= 15 is 0 Å². The van der Waals surface area contributed by atoms with Crippen LogP contribution in [0.15, 0.2) is 24.3 Å². The van der Waals surface area contributed by atoms with Crippen molar-refractivity contribution in [2.24, 2.45) is 0 Å². The molecule has 0 aromatic heterocycles. The van der Waals surface area contributed by atoms with Gasteiger partial charge in [0.15, 0.2) is 0 Å². The van der Waals surface area contributed by atoms with Crippen molar-refractivity contribution in [3.63, 3.8) is 0 Å². The third-order valence-electron chi connectivity index (χ3n) is 3.78. The second-order valence-electron chi connectivity index (χ2n) is 4.93. The van der Waals surface area contributed by atoms with E-state index in [0.717, 1.165) is 12.4 Å². The van der Waals surface area contributed by atoms with Gasteiger partial charge in [-0.05, 0) is 31.9 Å². The number of piperidine rings is 1. The fourth-order valence-corrected chi connectivity index (χ4v) is 2.89. The second-order valence-corrected chi connectivity index (χ2v) is 4.93. The van der Waals surface area contributed by atoms with E-state index in [2.05, 4.69) is 29.6 Å². The summed E-state index contributed by atoms with van der Waals surface area (Å²) in [5.41, 5.74) is 1.41. The van der Waals surface area contributed by atoms with E-state index in [-0.39, 0.29) is 0 Å². The quantitative estimate of drug-likeness (QED) is 0.822. The van der Waals surface area contributed by atoms with E-state index < -0.39 is 0 Å². The molecule has 2 aliphatic heterocycles. The second kappa shape index (κ2) is 4.46. The summed E-state index contributed by atoms with van der Waals surface area (Å²) in [4.78, 5) is 0. The molecular weight excluding hydrogens is 198 g/mol. The monoisotopic (exact) mass is 217 g/mol. The fraction of sp³-hybridized carbons (Fsp3) is 0.571. The summed E-state index contributed by atoms with van der Waals surface area (Å²) in [6.07, 6.45) is 5.29. The Kier molecular flexibility index (Phi) is 2.83. The Balaban J connectivity index is 1.68. The van der Waals surface area contributed by atoms with Gasteiger partial charge >= 0.3 is 0 Å². The summed E-state index contributed by atoms with van der Waals surface area (Å²) in [6, 6.07) is 9.18. The highest BCUT2D eigenvalue weighted by Crippen LogP contribution is 2.36. The lowest BCUT2D eigenvalue weighted by atomic mass is 9.90. The summed E-state index contributed by atoms with van der Waals surface area (Å²) in [7, 11) is 0. The lowest BCUT2D eigenvalue weighted by molar-refractivity contribution is 0.295. The number of rotatable bonds is 2. The molecule has 0 radical (unpaired) electrons. The van der Waals surface area contributed by atoms with E-state index in [1.807, 2.05) is 0 Å². The van der Waals surface area contributed by atoms with Gasteiger partial charge in [0, 0.05) is 17.5 Å². The van der Waals surface area contributed by atoms with Crippen LogP contribution in [0.25, 0.3) is 0 Å². The molecule has 0 saturated carbocycles. The predicted octanol–water partition coefficient (Wildman–Crippen LogP) is 2.69. The van der Waals surface area contributed by atoms with E-state index in [1.165, 1.54) is 37.8 Å². The van der Waals surface area contributed by atoms with Gasteiger partial charge in [-0.2, -0.15) is 0 Å². The fourth-order valence-electron chi connectivity index (χ4n) is 2.89. The van der Waals surface area contributed by atoms with Gasteiger partial charge in [0.1, 0.15) is 5.75 Å². The summed E-state index contributed by atoms with van der Waals surface area (Å²) >= 11 is 0. The highest BCUT2D eigenvalue weighted by atomic mass is 16.5. The zero-order valence-corrected chi connectivity index (χ0v) is 9.61. The van der Waals surface area contributed by atoms with Crippen molar-refractivity contribution >= 4 is 0 Å². The molecule has 2 aliphatic rings. The average Bonchev–Trinajstić information content (AvgIpc) is 2.74. The molecule has 16 heavy (non-hydrogen) atoms. The Labute approximate surface area is 97.0 Å². The summed E-state index contributed by atoms with van der Waals surface area (Å²) in [5.74, 6) is 1.70. The number of hydrogen-bond donors (Lipinski definition) is 1. The first-order valence-corrected chi connectivity index (χ1v) is 6.38. The van der Waals surface area contributed by atoms with E-state index in [0.29, 0.717) is 12.0 Å². The van der Waals surface area contributed by atoms with Crippen LogP contribution in [0, 0.1) is 0 Å². The summed E-state index contributed by atoms with van der Waals surface area (Å²) in [5, 5.41) is 3.62. The van der Waals surface area contributed by atoms with Crippen molar-refractivity contribution in [3.05, 3.63) is 29.8 Å². The molecule has 0 spiro atoms. The third-order valence-corrected chi connectivity index (χ3v) is 3.78. The van der Waals surface area contributed by atoms with Gasteiger partial charge in [-0.3, -0.25) is 0 Å². The van der Waals surface area contributed by atoms with Crippen molar-refractivity contribution < 1.29 is 4.74 Å². The van der Waals surface area contributed by atoms with Gasteiger partial charge in [0.25, 0.3) is 0 Å². The van der Waals surface area contributed by atoms with Crippen molar-refractivity contribution in [2.45, 2.75) is 37.6 Å². The molecule has 86 valence electrons.